The minimum absolute atomic E-state index is 0.0553. The Morgan fingerprint density at radius 3 is 2.46 bits per heavy atom. The maximum atomic E-state index is 12.1. The first-order valence-corrected chi connectivity index (χ1v) is 8.66. The van der Waals surface area contributed by atoms with Crippen LogP contribution in [-0.4, -0.2) is 38.2 Å². The summed E-state index contributed by atoms with van der Waals surface area (Å²) < 4.78 is 0. The van der Waals surface area contributed by atoms with E-state index in [4.69, 9.17) is 0 Å². The van der Waals surface area contributed by atoms with Crippen molar-refractivity contribution in [2.75, 3.05) is 11.7 Å². The Morgan fingerprint density at radius 1 is 1.23 bits per heavy atom. The number of phenolic OH excluding ortho intramolecular Hbond substituents is 1. The number of imide groups is 1. The Hall–Kier alpha value is -3.38. The second kappa shape index (κ2) is 6.85. The Morgan fingerprint density at radius 2 is 1.92 bits per heavy atom. The molecular formula is C17H13N5O3S. The van der Waals surface area contributed by atoms with E-state index in [9.17, 15) is 20.0 Å². The van der Waals surface area contributed by atoms with Crippen LogP contribution in [0.4, 0.5) is 5.82 Å². The fourth-order valence-corrected chi connectivity index (χ4v) is 2.83. The molecule has 0 fully saturated rings. The van der Waals surface area contributed by atoms with Gasteiger partial charge in [-0.05, 0) is 37.4 Å². The number of amides is 2. The lowest BCUT2D eigenvalue weighted by atomic mass is 10.2. The molecule has 2 amide bonds. The van der Waals surface area contributed by atoms with Gasteiger partial charge in [-0.15, -0.1) is 11.8 Å². The SMILES string of the molecule is CSc1nc(-c2ccc(O)cc2)nc(NN2C(=O)C=C(C)C2=O)c1C#N. The minimum atomic E-state index is -0.535. The molecule has 130 valence electrons. The highest BCUT2D eigenvalue weighted by molar-refractivity contribution is 7.98. The third-order valence-electron chi connectivity index (χ3n) is 3.62. The van der Waals surface area contributed by atoms with Crippen molar-refractivity contribution < 1.29 is 14.7 Å². The van der Waals surface area contributed by atoms with Gasteiger partial charge in [0.05, 0.1) is 0 Å². The molecule has 9 heteroatoms. The van der Waals surface area contributed by atoms with Crippen molar-refractivity contribution in [3.8, 4) is 23.2 Å². The first-order valence-electron chi connectivity index (χ1n) is 7.43. The summed E-state index contributed by atoms with van der Waals surface area (Å²) >= 11 is 1.24. The minimum Gasteiger partial charge on any atom is -0.508 e. The van der Waals surface area contributed by atoms with Crippen molar-refractivity contribution in [1.29, 1.82) is 5.26 Å². The average molecular weight is 367 g/mol. The highest BCUT2D eigenvalue weighted by atomic mass is 32.2. The number of rotatable bonds is 4. The fraction of sp³-hybridized carbons (Fsp3) is 0.118. The topological polar surface area (TPSA) is 119 Å². The maximum absolute atomic E-state index is 12.1. The number of nitrogens with one attached hydrogen (secondary N) is 1. The highest BCUT2D eigenvalue weighted by Gasteiger charge is 2.30. The van der Waals surface area contributed by atoms with Crippen LogP contribution in [0.2, 0.25) is 0 Å². The van der Waals surface area contributed by atoms with Crippen LogP contribution < -0.4 is 5.43 Å². The molecule has 2 heterocycles. The van der Waals surface area contributed by atoms with Gasteiger partial charge in [0.15, 0.2) is 11.6 Å². The van der Waals surface area contributed by atoms with Gasteiger partial charge in [-0.1, -0.05) is 0 Å². The number of nitriles is 1. The molecule has 8 nitrogen and oxygen atoms in total. The molecule has 3 rings (SSSR count). The van der Waals surface area contributed by atoms with Crippen LogP contribution >= 0.6 is 11.8 Å². The zero-order valence-electron chi connectivity index (χ0n) is 13.8. The van der Waals surface area contributed by atoms with Gasteiger partial charge in [0.25, 0.3) is 11.8 Å². The number of aromatic hydroxyl groups is 1. The molecule has 1 aromatic carbocycles. The molecule has 0 saturated heterocycles. The predicted octanol–water partition coefficient (Wildman–Crippen LogP) is 2.08. The standard InChI is InChI=1S/C17H13N5O3S/c1-9-7-13(24)22(17(9)25)21-15-12(8-18)16(26-2)20-14(19-15)10-3-5-11(23)6-4-10/h3-7,23H,1-2H3,(H,19,20,21). The van der Waals surface area contributed by atoms with E-state index >= 15 is 0 Å². The summed E-state index contributed by atoms with van der Waals surface area (Å²) in [5.41, 5.74) is 3.66. The number of carbonyl (C=O) groups excluding carboxylic acids is 2. The van der Waals surface area contributed by atoms with Crippen molar-refractivity contribution in [3.05, 3.63) is 41.5 Å². The fourth-order valence-electron chi connectivity index (χ4n) is 2.31. The van der Waals surface area contributed by atoms with Crippen LogP contribution in [0.1, 0.15) is 12.5 Å². The van der Waals surface area contributed by atoms with Gasteiger partial charge < -0.3 is 5.11 Å². The maximum Gasteiger partial charge on any atom is 0.275 e. The molecule has 1 aliphatic rings. The number of phenols is 1. The molecule has 1 aliphatic heterocycles. The van der Waals surface area contributed by atoms with Crippen molar-refractivity contribution in [2.45, 2.75) is 11.9 Å². The van der Waals surface area contributed by atoms with E-state index in [0.717, 1.165) is 5.01 Å². The molecule has 0 aliphatic carbocycles. The number of thioether (sulfide) groups is 1. The third-order valence-corrected chi connectivity index (χ3v) is 4.31. The first-order chi connectivity index (χ1) is 12.4. The number of hydrazine groups is 1. The quantitative estimate of drug-likeness (QED) is 0.479. The van der Waals surface area contributed by atoms with Crippen LogP contribution in [-0.2, 0) is 9.59 Å². The second-order valence-electron chi connectivity index (χ2n) is 5.36. The molecular weight excluding hydrogens is 354 g/mol. The molecule has 0 atom stereocenters. The molecule has 2 aromatic rings. The largest absolute Gasteiger partial charge is 0.508 e. The van der Waals surface area contributed by atoms with Crippen LogP contribution in [0.15, 0.2) is 40.9 Å². The summed E-state index contributed by atoms with van der Waals surface area (Å²) in [5.74, 6) is -0.596. The lowest BCUT2D eigenvalue weighted by molar-refractivity contribution is -0.135. The van der Waals surface area contributed by atoms with Crippen LogP contribution in [0.25, 0.3) is 11.4 Å². The number of benzene rings is 1. The van der Waals surface area contributed by atoms with Crippen molar-refractivity contribution >= 4 is 29.4 Å². The molecule has 0 bridgehead atoms. The number of anilines is 1. The normalized spacial score (nSPS) is 13.6. The van der Waals surface area contributed by atoms with Gasteiger partial charge in [0.2, 0.25) is 0 Å². The number of hydrogen-bond donors (Lipinski definition) is 2. The highest BCUT2D eigenvalue weighted by Crippen LogP contribution is 2.29. The third kappa shape index (κ3) is 3.10. The molecule has 2 N–H and O–H groups in total. The zero-order chi connectivity index (χ0) is 18.8. The first kappa shape index (κ1) is 17.4. The van der Waals surface area contributed by atoms with Crippen molar-refractivity contribution in [3.63, 3.8) is 0 Å². The number of nitrogens with zero attached hydrogens (tertiary/aromatic N) is 4. The average Bonchev–Trinajstić information content (AvgIpc) is 2.87. The number of carbonyl (C=O) groups is 2. The van der Waals surface area contributed by atoms with Gasteiger partial charge in [-0.25, -0.2) is 9.97 Å². The van der Waals surface area contributed by atoms with Gasteiger partial charge >= 0.3 is 0 Å². The smallest absolute Gasteiger partial charge is 0.275 e. The van der Waals surface area contributed by atoms with Gasteiger partial charge in [-0.2, -0.15) is 10.3 Å². The molecule has 1 aromatic heterocycles. The van der Waals surface area contributed by atoms with Crippen LogP contribution in [0, 0.1) is 11.3 Å². The van der Waals surface area contributed by atoms with Crippen molar-refractivity contribution in [2.24, 2.45) is 0 Å². The van der Waals surface area contributed by atoms with E-state index in [1.54, 1.807) is 18.4 Å². The Bertz CT molecular complexity index is 979. The number of hydrogen-bond acceptors (Lipinski definition) is 8. The summed E-state index contributed by atoms with van der Waals surface area (Å²) in [5, 5.41) is 20.1. The van der Waals surface area contributed by atoms with E-state index in [1.807, 2.05) is 6.07 Å². The van der Waals surface area contributed by atoms with Gasteiger partial charge in [-0.3, -0.25) is 15.0 Å². The van der Waals surface area contributed by atoms with Gasteiger partial charge in [0, 0.05) is 17.2 Å². The van der Waals surface area contributed by atoms with E-state index in [2.05, 4.69) is 15.4 Å². The zero-order valence-corrected chi connectivity index (χ0v) is 14.7. The summed E-state index contributed by atoms with van der Waals surface area (Å²) in [6.07, 6.45) is 2.96. The number of aromatic nitrogens is 2. The van der Waals surface area contributed by atoms with E-state index < -0.39 is 11.8 Å². The molecule has 26 heavy (non-hydrogen) atoms. The molecule has 0 radical (unpaired) electrons. The Balaban J connectivity index is 2.07. The summed E-state index contributed by atoms with van der Waals surface area (Å²) in [6, 6.07) is 8.24. The lowest BCUT2D eigenvalue weighted by Gasteiger charge is -2.18. The van der Waals surface area contributed by atoms with E-state index in [-0.39, 0.29) is 17.1 Å². The molecule has 0 spiro atoms. The lowest BCUT2D eigenvalue weighted by Crippen LogP contribution is -2.37. The van der Waals surface area contributed by atoms with E-state index in [0.29, 0.717) is 22.0 Å². The Labute approximate surface area is 153 Å². The molecule has 0 unspecified atom stereocenters. The summed E-state index contributed by atoms with van der Waals surface area (Å²) in [4.78, 5) is 32.7. The monoisotopic (exact) mass is 367 g/mol. The Kier molecular flexibility index (Phi) is 4.60. The van der Waals surface area contributed by atoms with Crippen molar-refractivity contribution in [1.82, 2.24) is 15.0 Å². The summed E-state index contributed by atoms with van der Waals surface area (Å²) in [6.45, 7) is 1.53. The van der Waals surface area contributed by atoms with Crippen LogP contribution in [0.5, 0.6) is 5.75 Å². The predicted molar refractivity (Wildman–Crippen MR) is 94.9 cm³/mol. The summed E-state index contributed by atoms with van der Waals surface area (Å²) in [7, 11) is 0. The van der Waals surface area contributed by atoms with Crippen LogP contribution in [0.3, 0.4) is 0 Å². The molecule has 0 saturated carbocycles. The van der Waals surface area contributed by atoms with E-state index in [1.165, 1.54) is 36.9 Å². The van der Waals surface area contributed by atoms with Gasteiger partial charge in [0.1, 0.15) is 22.4 Å². The second-order valence-corrected chi connectivity index (χ2v) is 6.15.